The molecule has 1 aliphatic carbocycles. The van der Waals surface area contributed by atoms with E-state index in [1.165, 1.54) is 29.5 Å². The van der Waals surface area contributed by atoms with Gasteiger partial charge in [0.2, 0.25) is 0 Å². The van der Waals surface area contributed by atoms with Crippen LogP contribution in [0.1, 0.15) is 64.5 Å². The predicted octanol–water partition coefficient (Wildman–Crippen LogP) is 3.74. The van der Waals surface area contributed by atoms with Gasteiger partial charge >= 0.3 is 0 Å². The number of hydrogen-bond acceptors (Lipinski definition) is 7. The third kappa shape index (κ3) is 5.49. The summed E-state index contributed by atoms with van der Waals surface area (Å²) in [5.74, 6) is 0. The van der Waals surface area contributed by atoms with Crippen LogP contribution in [-0.2, 0) is 10.8 Å². The molecule has 34 heavy (non-hydrogen) atoms. The summed E-state index contributed by atoms with van der Waals surface area (Å²) in [6, 6.07) is 6.46. The second-order valence-electron chi connectivity index (χ2n) is 11.4. The SMILES string of the molecule is CC1(C)CCC(C)(C)c2cc(-c3csc(N4CCN(CCC[C@@H](O)[C@@H](N)CO)CC4)n3)ccc21. The highest BCUT2D eigenvalue weighted by molar-refractivity contribution is 7.14. The van der Waals surface area contributed by atoms with Crippen LogP contribution in [0.25, 0.3) is 11.3 Å². The highest BCUT2D eigenvalue weighted by Gasteiger charge is 2.37. The normalized spacial score (nSPS) is 21.8. The van der Waals surface area contributed by atoms with Crippen LogP contribution >= 0.6 is 11.3 Å². The number of nitrogens with zero attached hydrogens (tertiary/aromatic N) is 3. The van der Waals surface area contributed by atoms with Crippen molar-refractivity contribution in [1.29, 1.82) is 0 Å². The molecule has 0 amide bonds. The molecule has 0 unspecified atom stereocenters. The second-order valence-corrected chi connectivity index (χ2v) is 12.3. The van der Waals surface area contributed by atoms with Gasteiger partial charge in [-0.05, 0) is 60.3 Å². The lowest BCUT2D eigenvalue weighted by Gasteiger charge is -2.42. The Balaban J connectivity index is 1.36. The topological polar surface area (TPSA) is 85.9 Å². The van der Waals surface area contributed by atoms with Gasteiger partial charge in [-0.1, -0.05) is 39.8 Å². The number of benzene rings is 1. The quantitative estimate of drug-likeness (QED) is 0.527. The van der Waals surface area contributed by atoms with Crippen LogP contribution in [0.3, 0.4) is 0 Å². The van der Waals surface area contributed by atoms with Crippen LogP contribution in [0.4, 0.5) is 5.13 Å². The van der Waals surface area contributed by atoms with Crippen molar-refractivity contribution in [3.8, 4) is 11.3 Å². The summed E-state index contributed by atoms with van der Waals surface area (Å²) in [5.41, 5.74) is 11.4. The Hall–Kier alpha value is -1.51. The molecular formula is C27H42N4O2S. The Labute approximate surface area is 208 Å². The molecule has 1 aromatic carbocycles. The number of aliphatic hydroxyl groups is 2. The third-order valence-corrected chi connectivity index (χ3v) is 8.86. The first-order chi connectivity index (χ1) is 16.1. The molecule has 0 spiro atoms. The molecule has 0 saturated carbocycles. The molecule has 7 heteroatoms. The van der Waals surface area contributed by atoms with Gasteiger partial charge in [-0.3, -0.25) is 4.90 Å². The maximum absolute atomic E-state index is 9.94. The van der Waals surface area contributed by atoms with Crippen LogP contribution in [0.2, 0.25) is 0 Å². The van der Waals surface area contributed by atoms with E-state index < -0.39 is 12.1 Å². The van der Waals surface area contributed by atoms with Crippen molar-refractivity contribution in [2.24, 2.45) is 5.73 Å². The maximum Gasteiger partial charge on any atom is 0.185 e. The number of hydrogen-bond donors (Lipinski definition) is 3. The highest BCUT2D eigenvalue weighted by Crippen LogP contribution is 2.46. The molecule has 188 valence electrons. The fourth-order valence-corrected chi connectivity index (χ4v) is 6.20. The molecule has 2 atom stereocenters. The van der Waals surface area contributed by atoms with Gasteiger partial charge in [0.25, 0.3) is 0 Å². The number of aromatic nitrogens is 1. The predicted molar refractivity (Wildman–Crippen MR) is 142 cm³/mol. The van der Waals surface area contributed by atoms with Crippen LogP contribution in [0.5, 0.6) is 0 Å². The first-order valence-electron chi connectivity index (χ1n) is 12.7. The number of anilines is 1. The number of rotatable bonds is 8. The summed E-state index contributed by atoms with van der Waals surface area (Å²) in [6.07, 6.45) is 3.35. The van der Waals surface area contributed by atoms with Gasteiger partial charge in [0, 0.05) is 37.1 Å². The fraction of sp³-hybridized carbons (Fsp3) is 0.667. The Morgan fingerprint density at radius 3 is 2.41 bits per heavy atom. The van der Waals surface area contributed by atoms with Crippen molar-refractivity contribution in [3.63, 3.8) is 0 Å². The largest absolute Gasteiger partial charge is 0.395 e. The Kier molecular flexibility index (Phi) is 7.70. The van der Waals surface area contributed by atoms with Crippen molar-refractivity contribution < 1.29 is 10.2 Å². The van der Waals surface area contributed by atoms with Crippen molar-refractivity contribution in [2.45, 2.75) is 76.4 Å². The summed E-state index contributed by atoms with van der Waals surface area (Å²) < 4.78 is 0. The lowest BCUT2D eigenvalue weighted by molar-refractivity contribution is 0.0956. The van der Waals surface area contributed by atoms with Crippen molar-refractivity contribution in [2.75, 3.05) is 44.2 Å². The molecule has 2 aromatic rings. The number of aliphatic hydroxyl groups excluding tert-OH is 2. The number of fused-ring (bicyclic) bond motifs is 1. The van der Waals surface area contributed by atoms with Crippen molar-refractivity contribution in [3.05, 3.63) is 34.7 Å². The molecule has 1 aromatic heterocycles. The van der Waals surface area contributed by atoms with Crippen LogP contribution < -0.4 is 10.6 Å². The molecule has 0 radical (unpaired) electrons. The molecule has 1 aliphatic heterocycles. The van der Waals surface area contributed by atoms with E-state index in [1.54, 1.807) is 11.3 Å². The zero-order valence-corrected chi connectivity index (χ0v) is 22.1. The van der Waals surface area contributed by atoms with Gasteiger partial charge in [0.05, 0.1) is 24.4 Å². The summed E-state index contributed by atoms with van der Waals surface area (Å²) >= 11 is 1.74. The zero-order valence-electron chi connectivity index (χ0n) is 21.3. The average molecular weight is 487 g/mol. The molecule has 1 saturated heterocycles. The highest BCUT2D eigenvalue weighted by atomic mass is 32.1. The monoisotopic (exact) mass is 486 g/mol. The van der Waals surface area contributed by atoms with E-state index in [2.05, 4.69) is 61.1 Å². The van der Waals surface area contributed by atoms with Gasteiger partial charge in [-0.15, -0.1) is 11.3 Å². The molecule has 0 bridgehead atoms. The number of thiazole rings is 1. The Morgan fingerprint density at radius 2 is 1.74 bits per heavy atom. The van der Waals surface area contributed by atoms with E-state index in [9.17, 15) is 5.11 Å². The standard InChI is InChI=1S/C27H42N4O2S/c1-26(2)9-10-27(3,4)21-16-19(7-8-20(21)26)23-18-34-25(29-23)31-14-12-30(13-15-31)11-5-6-24(33)22(28)17-32/h7-8,16,18,22,24,32-33H,5-6,9-15,17,28H2,1-4H3/t22-,24+/m0/s1. The summed E-state index contributed by atoms with van der Waals surface area (Å²) in [5, 5.41) is 22.3. The van der Waals surface area contributed by atoms with Crippen molar-refractivity contribution >= 4 is 16.5 Å². The number of nitrogens with two attached hydrogens (primary N) is 1. The minimum absolute atomic E-state index is 0.170. The van der Waals surface area contributed by atoms with Crippen LogP contribution in [0.15, 0.2) is 23.6 Å². The fourth-order valence-electron chi connectivity index (χ4n) is 5.31. The van der Waals surface area contributed by atoms with E-state index >= 15 is 0 Å². The molecule has 4 rings (SSSR count). The van der Waals surface area contributed by atoms with Gasteiger partial charge in [0.15, 0.2) is 5.13 Å². The van der Waals surface area contributed by atoms with Crippen LogP contribution in [0, 0.1) is 0 Å². The zero-order chi connectivity index (χ0) is 24.5. The second kappa shape index (κ2) is 10.2. The van der Waals surface area contributed by atoms with Gasteiger partial charge in [-0.25, -0.2) is 4.98 Å². The average Bonchev–Trinajstić information content (AvgIpc) is 3.32. The smallest absolute Gasteiger partial charge is 0.185 e. The first-order valence-corrected chi connectivity index (χ1v) is 13.6. The van der Waals surface area contributed by atoms with E-state index in [0.717, 1.165) is 50.0 Å². The Bertz CT molecular complexity index is 965. The van der Waals surface area contributed by atoms with E-state index in [1.807, 2.05) is 0 Å². The molecular weight excluding hydrogens is 444 g/mol. The summed E-state index contributed by atoms with van der Waals surface area (Å²) in [4.78, 5) is 9.87. The van der Waals surface area contributed by atoms with Gasteiger partial charge in [0.1, 0.15) is 0 Å². The van der Waals surface area contributed by atoms with E-state index in [0.29, 0.717) is 6.42 Å². The first kappa shape index (κ1) is 25.6. The summed E-state index contributed by atoms with van der Waals surface area (Å²) in [6.45, 7) is 14.2. The van der Waals surface area contributed by atoms with Gasteiger partial charge in [-0.2, -0.15) is 0 Å². The minimum Gasteiger partial charge on any atom is -0.395 e. The molecule has 6 nitrogen and oxygen atoms in total. The van der Waals surface area contributed by atoms with Crippen LogP contribution in [-0.4, -0.2) is 71.6 Å². The van der Waals surface area contributed by atoms with E-state index in [-0.39, 0.29) is 17.4 Å². The molecule has 2 heterocycles. The Morgan fingerprint density at radius 1 is 1.06 bits per heavy atom. The maximum atomic E-state index is 9.94. The lowest BCUT2D eigenvalue weighted by Crippen LogP contribution is -2.47. The number of piperazine rings is 1. The van der Waals surface area contributed by atoms with E-state index in [4.69, 9.17) is 15.8 Å². The lowest BCUT2D eigenvalue weighted by atomic mass is 9.63. The van der Waals surface area contributed by atoms with Gasteiger partial charge < -0.3 is 20.8 Å². The molecule has 4 N–H and O–H groups in total. The summed E-state index contributed by atoms with van der Waals surface area (Å²) in [7, 11) is 0. The molecule has 1 fully saturated rings. The third-order valence-electron chi connectivity index (χ3n) is 7.96. The van der Waals surface area contributed by atoms with Crippen molar-refractivity contribution in [1.82, 2.24) is 9.88 Å². The minimum atomic E-state index is -0.625. The molecule has 2 aliphatic rings.